The van der Waals surface area contributed by atoms with Crippen LogP contribution in [0.4, 0.5) is 5.69 Å². The molecule has 2 aromatic rings. The Balaban J connectivity index is 1.82. The molecule has 0 unspecified atom stereocenters. The van der Waals surface area contributed by atoms with Gasteiger partial charge in [-0.25, -0.2) is 0 Å². The highest BCUT2D eigenvalue weighted by Gasteiger charge is 2.04. The second-order valence-electron chi connectivity index (χ2n) is 3.69. The highest BCUT2D eigenvalue weighted by Crippen LogP contribution is 2.22. The van der Waals surface area contributed by atoms with E-state index in [0.717, 1.165) is 12.0 Å². The topological polar surface area (TPSA) is 35.2 Å². The van der Waals surface area contributed by atoms with Gasteiger partial charge in [0.2, 0.25) is 0 Å². The predicted octanol–water partition coefficient (Wildman–Crippen LogP) is 3.74. The van der Waals surface area contributed by atoms with Crippen LogP contribution in [0.5, 0.6) is 0 Å². The molecule has 0 radical (unpaired) electrons. The highest BCUT2D eigenvalue weighted by molar-refractivity contribution is 7.09. The molecular formula is C13H14ClNOS. The lowest BCUT2D eigenvalue weighted by molar-refractivity contribution is 0.125. The third kappa shape index (κ3) is 3.46. The van der Waals surface area contributed by atoms with Crippen molar-refractivity contribution in [3.05, 3.63) is 51.2 Å². The minimum Gasteiger partial charge on any atom is -0.398 e. The molecule has 1 heterocycles. The third-order valence-corrected chi connectivity index (χ3v) is 3.76. The first-order valence-electron chi connectivity index (χ1n) is 5.40. The number of hydrogen-bond donors (Lipinski definition) is 1. The molecule has 2 N–H and O–H groups in total. The van der Waals surface area contributed by atoms with Gasteiger partial charge in [0, 0.05) is 27.6 Å². The van der Waals surface area contributed by atoms with E-state index in [-0.39, 0.29) is 0 Å². The Kier molecular flexibility index (Phi) is 4.42. The summed E-state index contributed by atoms with van der Waals surface area (Å²) in [5, 5.41) is 2.74. The Hall–Kier alpha value is -1.03. The summed E-state index contributed by atoms with van der Waals surface area (Å²) < 4.78 is 5.60. The van der Waals surface area contributed by atoms with E-state index in [1.165, 1.54) is 4.88 Å². The van der Waals surface area contributed by atoms with Crippen molar-refractivity contribution in [3.8, 4) is 0 Å². The Labute approximate surface area is 110 Å². The van der Waals surface area contributed by atoms with E-state index < -0.39 is 0 Å². The quantitative estimate of drug-likeness (QED) is 0.662. The fourth-order valence-electron chi connectivity index (χ4n) is 1.53. The molecule has 0 amide bonds. The monoisotopic (exact) mass is 267 g/mol. The molecule has 2 nitrogen and oxygen atoms in total. The Morgan fingerprint density at radius 2 is 2.12 bits per heavy atom. The second-order valence-corrected chi connectivity index (χ2v) is 5.13. The van der Waals surface area contributed by atoms with E-state index in [4.69, 9.17) is 22.1 Å². The molecule has 90 valence electrons. The van der Waals surface area contributed by atoms with Gasteiger partial charge in [-0.15, -0.1) is 11.3 Å². The lowest BCUT2D eigenvalue weighted by atomic mass is 10.2. The average molecular weight is 268 g/mol. The zero-order valence-electron chi connectivity index (χ0n) is 9.36. The SMILES string of the molecule is Nc1cccc(Cl)c1COCCc1cccs1. The Morgan fingerprint density at radius 3 is 2.82 bits per heavy atom. The van der Waals surface area contributed by atoms with Crippen LogP contribution < -0.4 is 5.73 Å². The summed E-state index contributed by atoms with van der Waals surface area (Å²) in [5.74, 6) is 0. The van der Waals surface area contributed by atoms with E-state index >= 15 is 0 Å². The molecule has 0 spiro atoms. The zero-order chi connectivity index (χ0) is 12.1. The summed E-state index contributed by atoms with van der Waals surface area (Å²) in [6, 6.07) is 9.66. The maximum atomic E-state index is 6.05. The standard InChI is InChI=1S/C13H14ClNOS/c14-12-4-1-5-13(15)11(12)9-16-7-6-10-3-2-8-17-10/h1-5,8H,6-7,9,15H2. The molecule has 2 rings (SSSR count). The van der Waals surface area contributed by atoms with E-state index in [2.05, 4.69) is 11.4 Å². The minimum absolute atomic E-state index is 0.469. The minimum atomic E-state index is 0.469. The van der Waals surface area contributed by atoms with Gasteiger partial charge >= 0.3 is 0 Å². The summed E-state index contributed by atoms with van der Waals surface area (Å²) in [5.41, 5.74) is 7.40. The highest BCUT2D eigenvalue weighted by atomic mass is 35.5. The summed E-state index contributed by atoms with van der Waals surface area (Å²) in [6.45, 7) is 1.15. The van der Waals surface area contributed by atoms with Gasteiger partial charge in [0.25, 0.3) is 0 Å². The number of ether oxygens (including phenoxy) is 1. The van der Waals surface area contributed by atoms with E-state index in [1.54, 1.807) is 11.3 Å². The largest absolute Gasteiger partial charge is 0.398 e. The van der Waals surface area contributed by atoms with Crippen LogP contribution in [0, 0.1) is 0 Å². The van der Waals surface area contributed by atoms with Crippen molar-refractivity contribution in [1.82, 2.24) is 0 Å². The third-order valence-electron chi connectivity index (χ3n) is 2.47. The van der Waals surface area contributed by atoms with Gasteiger partial charge in [-0.3, -0.25) is 0 Å². The normalized spacial score (nSPS) is 10.6. The first kappa shape index (κ1) is 12.4. The van der Waals surface area contributed by atoms with Crippen LogP contribution in [0.15, 0.2) is 35.7 Å². The van der Waals surface area contributed by atoms with Crippen LogP contribution in [-0.2, 0) is 17.8 Å². The molecule has 0 fully saturated rings. The number of nitrogens with two attached hydrogens (primary N) is 1. The maximum Gasteiger partial charge on any atom is 0.0751 e. The van der Waals surface area contributed by atoms with Crippen LogP contribution >= 0.6 is 22.9 Å². The number of rotatable bonds is 5. The molecule has 1 aromatic heterocycles. The van der Waals surface area contributed by atoms with Crippen molar-refractivity contribution >= 4 is 28.6 Å². The van der Waals surface area contributed by atoms with Gasteiger partial charge in [0.05, 0.1) is 13.2 Å². The van der Waals surface area contributed by atoms with Crippen LogP contribution in [0.1, 0.15) is 10.4 Å². The number of anilines is 1. The Morgan fingerprint density at radius 1 is 1.24 bits per heavy atom. The van der Waals surface area contributed by atoms with E-state index in [1.807, 2.05) is 24.3 Å². The van der Waals surface area contributed by atoms with Gasteiger partial charge in [0.15, 0.2) is 0 Å². The van der Waals surface area contributed by atoms with Crippen molar-refractivity contribution in [2.45, 2.75) is 13.0 Å². The lowest BCUT2D eigenvalue weighted by Crippen LogP contribution is -2.01. The summed E-state index contributed by atoms with van der Waals surface area (Å²) in [4.78, 5) is 1.33. The van der Waals surface area contributed by atoms with Gasteiger partial charge in [0.1, 0.15) is 0 Å². The molecule has 0 bridgehead atoms. The van der Waals surface area contributed by atoms with Crippen LogP contribution in [0.25, 0.3) is 0 Å². The molecule has 17 heavy (non-hydrogen) atoms. The zero-order valence-corrected chi connectivity index (χ0v) is 10.9. The molecule has 0 saturated carbocycles. The number of benzene rings is 1. The molecule has 0 aliphatic heterocycles. The van der Waals surface area contributed by atoms with E-state index in [0.29, 0.717) is 23.9 Å². The number of halogens is 1. The predicted molar refractivity (Wildman–Crippen MR) is 73.5 cm³/mol. The second kappa shape index (κ2) is 6.05. The molecule has 1 aromatic carbocycles. The number of thiophene rings is 1. The van der Waals surface area contributed by atoms with Crippen molar-refractivity contribution in [3.63, 3.8) is 0 Å². The van der Waals surface area contributed by atoms with Gasteiger partial charge in [-0.05, 0) is 23.6 Å². The average Bonchev–Trinajstić information content (AvgIpc) is 2.80. The first-order chi connectivity index (χ1) is 8.27. The summed E-state index contributed by atoms with van der Waals surface area (Å²) in [6.07, 6.45) is 0.933. The molecule has 0 saturated heterocycles. The van der Waals surface area contributed by atoms with Gasteiger partial charge in [-0.2, -0.15) is 0 Å². The smallest absolute Gasteiger partial charge is 0.0751 e. The molecule has 0 atom stereocenters. The number of hydrogen-bond acceptors (Lipinski definition) is 3. The van der Waals surface area contributed by atoms with Crippen molar-refractivity contribution < 1.29 is 4.74 Å². The van der Waals surface area contributed by atoms with Gasteiger partial charge < -0.3 is 10.5 Å². The van der Waals surface area contributed by atoms with Crippen molar-refractivity contribution in [2.24, 2.45) is 0 Å². The van der Waals surface area contributed by atoms with Crippen LogP contribution in [-0.4, -0.2) is 6.61 Å². The Bertz CT molecular complexity index is 450. The molecule has 0 aliphatic rings. The van der Waals surface area contributed by atoms with E-state index in [9.17, 15) is 0 Å². The molecule has 4 heteroatoms. The van der Waals surface area contributed by atoms with Crippen LogP contribution in [0.2, 0.25) is 5.02 Å². The van der Waals surface area contributed by atoms with Gasteiger partial charge in [-0.1, -0.05) is 23.7 Å². The molecular weight excluding hydrogens is 254 g/mol. The number of nitrogen functional groups attached to an aromatic ring is 1. The fourth-order valence-corrected chi connectivity index (χ4v) is 2.46. The van der Waals surface area contributed by atoms with Crippen LogP contribution in [0.3, 0.4) is 0 Å². The fraction of sp³-hybridized carbons (Fsp3) is 0.231. The summed E-state index contributed by atoms with van der Waals surface area (Å²) >= 11 is 7.79. The maximum absolute atomic E-state index is 6.05. The lowest BCUT2D eigenvalue weighted by Gasteiger charge is -2.08. The first-order valence-corrected chi connectivity index (χ1v) is 6.66. The van der Waals surface area contributed by atoms with Crippen molar-refractivity contribution in [2.75, 3.05) is 12.3 Å². The summed E-state index contributed by atoms with van der Waals surface area (Å²) in [7, 11) is 0. The van der Waals surface area contributed by atoms with Crippen molar-refractivity contribution in [1.29, 1.82) is 0 Å². The molecule has 0 aliphatic carbocycles.